The first kappa shape index (κ1) is 15.6. The minimum absolute atomic E-state index is 0.126. The highest BCUT2D eigenvalue weighted by Crippen LogP contribution is 2.38. The number of alkyl halides is 2. The molecule has 4 heteroatoms. The molecule has 2 aliphatic rings. The summed E-state index contributed by atoms with van der Waals surface area (Å²) in [4.78, 5) is 0.773. The van der Waals surface area contributed by atoms with Gasteiger partial charge in [0.25, 0.3) is 0 Å². The molecule has 106 valence electrons. The Morgan fingerprint density at radius 3 is 2.58 bits per heavy atom. The first-order valence-electron chi connectivity index (χ1n) is 6.85. The highest BCUT2D eigenvalue weighted by molar-refractivity contribution is 9.10. The molecule has 0 aromatic carbocycles. The van der Waals surface area contributed by atoms with Crippen LogP contribution in [0.4, 0.5) is 0 Å². The quantitative estimate of drug-likeness (QED) is 0.537. The third kappa shape index (κ3) is 3.85. The van der Waals surface area contributed by atoms with Crippen LogP contribution >= 0.6 is 31.9 Å². The summed E-state index contributed by atoms with van der Waals surface area (Å²) in [6, 6.07) is 0. The zero-order valence-electron chi connectivity index (χ0n) is 11.1. The first-order valence-corrected chi connectivity index (χ1v) is 8.69. The molecule has 0 saturated carbocycles. The van der Waals surface area contributed by atoms with E-state index in [0.717, 1.165) is 25.7 Å². The second kappa shape index (κ2) is 7.26. The molecule has 0 aromatic rings. The predicted octanol–water partition coefficient (Wildman–Crippen LogP) is 3.82. The summed E-state index contributed by atoms with van der Waals surface area (Å²) in [5.74, 6) is 2.52. The maximum atomic E-state index is 6.26. The van der Waals surface area contributed by atoms with Crippen LogP contribution in [0.25, 0.3) is 0 Å². The molecule has 0 spiro atoms. The highest BCUT2D eigenvalue weighted by atomic mass is 79.9. The molecule has 2 rings (SSSR count). The fraction of sp³-hybridized carbons (Fsp3) is 0.733. The van der Waals surface area contributed by atoms with Gasteiger partial charge in [-0.3, -0.25) is 0 Å². The monoisotopic (exact) mass is 390 g/mol. The molecule has 2 aliphatic heterocycles. The molecule has 2 fully saturated rings. The first-order chi connectivity index (χ1) is 9.15. The number of ether oxygens (including phenoxy) is 2. The van der Waals surface area contributed by atoms with Crippen molar-refractivity contribution in [2.45, 2.75) is 66.7 Å². The lowest BCUT2D eigenvalue weighted by molar-refractivity contribution is -0.0499. The van der Waals surface area contributed by atoms with Crippen LogP contribution < -0.4 is 0 Å². The van der Waals surface area contributed by atoms with Gasteiger partial charge in [-0.25, -0.2) is 0 Å². The maximum absolute atomic E-state index is 6.26. The Kier molecular flexibility index (Phi) is 5.95. The van der Waals surface area contributed by atoms with E-state index in [0.29, 0.717) is 9.65 Å². The fourth-order valence-corrected chi connectivity index (χ4v) is 4.93. The average Bonchev–Trinajstić information content (AvgIpc) is 2.79. The molecule has 2 saturated heterocycles. The normalized spacial score (nSPS) is 42.8. The van der Waals surface area contributed by atoms with Crippen LogP contribution in [-0.4, -0.2) is 34.1 Å². The van der Waals surface area contributed by atoms with E-state index in [2.05, 4.69) is 44.7 Å². The minimum atomic E-state index is 0.126. The van der Waals surface area contributed by atoms with Crippen LogP contribution in [0.2, 0.25) is 0 Å². The second-order valence-electron chi connectivity index (χ2n) is 5.14. The Balaban J connectivity index is 2.07. The Hall–Kier alpha value is 0.180. The van der Waals surface area contributed by atoms with E-state index in [1.165, 1.54) is 0 Å². The largest absolute Gasteiger partial charge is 0.371 e. The Morgan fingerprint density at radius 2 is 1.89 bits per heavy atom. The molecule has 6 atom stereocenters. The second-order valence-corrected chi connectivity index (χ2v) is 7.49. The summed E-state index contributed by atoms with van der Waals surface area (Å²) in [5.41, 5.74) is 0. The van der Waals surface area contributed by atoms with Gasteiger partial charge in [0.2, 0.25) is 0 Å². The highest BCUT2D eigenvalue weighted by Gasteiger charge is 2.43. The molecule has 2 bridgehead atoms. The summed E-state index contributed by atoms with van der Waals surface area (Å²) >= 11 is 7.53. The van der Waals surface area contributed by atoms with Gasteiger partial charge in [-0.05, 0) is 25.3 Å². The van der Waals surface area contributed by atoms with Crippen molar-refractivity contribution in [3.8, 4) is 12.3 Å². The molecule has 1 unspecified atom stereocenters. The average molecular weight is 392 g/mol. The molecule has 2 nitrogen and oxygen atoms in total. The van der Waals surface area contributed by atoms with Crippen molar-refractivity contribution in [2.75, 3.05) is 0 Å². The molecular formula is C15H20Br2O2. The third-order valence-electron chi connectivity index (χ3n) is 3.82. The van der Waals surface area contributed by atoms with E-state index >= 15 is 0 Å². The molecule has 2 heterocycles. The summed E-state index contributed by atoms with van der Waals surface area (Å²) < 4.78 is 12.4. The Morgan fingerprint density at radius 1 is 1.16 bits per heavy atom. The van der Waals surface area contributed by atoms with Crippen molar-refractivity contribution in [2.24, 2.45) is 0 Å². The zero-order chi connectivity index (χ0) is 13.8. The van der Waals surface area contributed by atoms with Crippen molar-refractivity contribution in [3.63, 3.8) is 0 Å². The van der Waals surface area contributed by atoms with Gasteiger partial charge in [-0.2, -0.15) is 0 Å². The molecule has 0 N–H and O–H groups in total. The van der Waals surface area contributed by atoms with E-state index < -0.39 is 0 Å². The van der Waals surface area contributed by atoms with Gasteiger partial charge < -0.3 is 9.47 Å². The SMILES string of the molecule is C#C/C=C\CC1O[C@H]2C[C@@H]1O[C@H](CC)[C@@H](Br)C[C@@H]2Br. The number of hydrogen-bond donors (Lipinski definition) is 0. The molecule has 0 aliphatic carbocycles. The number of halogens is 2. The van der Waals surface area contributed by atoms with Gasteiger partial charge in [-0.15, -0.1) is 6.42 Å². The third-order valence-corrected chi connectivity index (χ3v) is 5.75. The van der Waals surface area contributed by atoms with Crippen LogP contribution in [0.1, 0.15) is 32.6 Å². The van der Waals surface area contributed by atoms with Crippen molar-refractivity contribution >= 4 is 31.9 Å². The molecule has 0 amide bonds. The number of hydrogen-bond acceptors (Lipinski definition) is 2. The van der Waals surface area contributed by atoms with Crippen LogP contribution in [0.15, 0.2) is 12.2 Å². The van der Waals surface area contributed by atoms with Gasteiger partial charge in [-0.1, -0.05) is 50.8 Å². The minimum Gasteiger partial charge on any atom is -0.371 e. The maximum Gasteiger partial charge on any atom is 0.0876 e. The summed E-state index contributed by atoms with van der Waals surface area (Å²) in [6.07, 6.45) is 13.6. The molecule has 0 aromatic heterocycles. The van der Waals surface area contributed by atoms with E-state index in [9.17, 15) is 0 Å². The van der Waals surface area contributed by atoms with Crippen LogP contribution in [-0.2, 0) is 9.47 Å². The molecule has 0 radical (unpaired) electrons. The standard InChI is InChI=1S/C15H20Br2O2/c1-3-5-6-7-13-15-9-14(19-13)11(17)8-10(16)12(4-2)18-15/h1,5-6,10-15H,4,7-9H2,2H3/b6-5-/t10-,11-,12+,13?,14-,15-/m0/s1. The smallest absolute Gasteiger partial charge is 0.0876 e. The van der Waals surface area contributed by atoms with Gasteiger partial charge in [0.15, 0.2) is 0 Å². The van der Waals surface area contributed by atoms with Gasteiger partial charge in [0.1, 0.15) is 0 Å². The fourth-order valence-electron chi connectivity index (χ4n) is 2.78. The van der Waals surface area contributed by atoms with Gasteiger partial charge in [0.05, 0.1) is 24.4 Å². The molecular weight excluding hydrogens is 372 g/mol. The lowest BCUT2D eigenvalue weighted by Gasteiger charge is -2.30. The molecule has 19 heavy (non-hydrogen) atoms. The summed E-state index contributed by atoms with van der Waals surface area (Å²) in [6.45, 7) is 2.17. The van der Waals surface area contributed by atoms with Gasteiger partial charge >= 0.3 is 0 Å². The van der Waals surface area contributed by atoms with Crippen molar-refractivity contribution in [1.29, 1.82) is 0 Å². The lowest BCUT2D eigenvalue weighted by Crippen LogP contribution is -2.36. The van der Waals surface area contributed by atoms with Crippen molar-refractivity contribution in [3.05, 3.63) is 12.2 Å². The van der Waals surface area contributed by atoms with E-state index in [1.807, 2.05) is 6.08 Å². The van der Waals surface area contributed by atoms with E-state index in [-0.39, 0.29) is 24.4 Å². The lowest BCUT2D eigenvalue weighted by atomic mass is 9.99. The van der Waals surface area contributed by atoms with E-state index in [4.69, 9.17) is 15.9 Å². The number of rotatable bonds is 3. The van der Waals surface area contributed by atoms with Crippen LogP contribution in [0.5, 0.6) is 0 Å². The number of fused-ring (bicyclic) bond motifs is 2. The summed E-state index contributed by atoms with van der Waals surface area (Å²) in [7, 11) is 0. The number of terminal acetylenes is 1. The summed E-state index contributed by atoms with van der Waals surface area (Å²) in [5, 5.41) is 0. The Bertz CT molecular complexity index is 364. The van der Waals surface area contributed by atoms with Crippen molar-refractivity contribution < 1.29 is 9.47 Å². The van der Waals surface area contributed by atoms with Crippen molar-refractivity contribution in [1.82, 2.24) is 0 Å². The number of allylic oxidation sites excluding steroid dienone is 1. The zero-order valence-corrected chi connectivity index (χ0v) is 14.3. The van der Waals surface area contributed by atoms with E-state index in [1.54, 1.807) is 6.08 Å². The Labute approximate surface area is 132 Å². The van der Waals surface area contributed by atoms with Crippen LogP contribution in [0.3, 0.4) is 0 Å². The topological polar surface area (TPSA) is 18.5 Å². The van der Waals surface area contributed by atoms with Gasteiger partial charge in [0, 0.05) is 16.1 Å². The predicted molar refractivity (Wildman–Crippen MR) is 84.9 cm³/mol. The van der Waals surface area contributed by atoms with Crippen LogP contribution in [0, 0.1) is 12.3 Å².